The van der Waals surface area contributed by atoms with Gasteiger partial charge in [0.2, 0.25) is 0 Å². The first-order valence-corrected chi connectivity index (χ1v) is 7.48. The van der Waals surface area contributed by atoms with E-state index in [0.717, 1.165) is 49.2 Å². The predicted octanol–water partition coefficient (Wildman–Crippen LogP) is 3.87. The second kappa shape index (κ2) is 5.31. The molecule has 0 spiro atoms. The lowest BCUT2D eigenvalue weighted by Crippen LogP contribution is -2.37. The number of aryl methyl sites for hydroxylation is 1. The molecule has 2 heterocycles. The summed E-state index contributed by atoms with van der Waals surface area (Å²) in [6, 6.07) is 6.12. The largest absolute Gasteiger partial charge is 0.463 e. The summed E-state index contributed by atoms with van der Waals surface area (Å²) in [5.74, 6) is 0.840. The number of fused-ring (bicyclic) bond motifs is 1. The van der Waals surface area contributed by atoms with Gasteiger partial charge in [-0.15, -0.1) is 0 Å². The van der Waals surface area contributed by atoms with E-state index in [4.69, 9.17) is 4.42 Å². The second-order valence-corrected chi connectivity index (χ2v) is 5.81. The Morgan fingerprint density at radius 2 is 2.10 bits per heavy atom. The fourth-order valence-electron chi connectivity index (χ4n) is 2.84. The molecule has 2 aromatic rings. The third-order valence-corrected chi connectivity index (χ3v) is 4.35. The number of carbonyl (C=O) groups is 1. The second-order valence-electron chi connectivity index (χ2n) is 5.81. The molecule has 1 aromatic heterocycles. The molecule has 0 radical (unpaired) electrons. The monoisotopic (exact) mass is 271 g/mol. The van der Waals surface area contributed by atoms with Gasteiger partial charge in [0.25, 0.3) is 5.91 Å². The summed E-state index contributed by atoms with van der Waals surface area (Å²) in [6.45, 7) is 6.09. The van der Waals surface area contributed by atoms with E-state index < -0.39 is 0 Å². The van der Waals surface area contributed by atoms with Gasteiger partial charge in [-0.3, -0.25) is 4.79 Å². The van der Waals surface area contributed by atoms with Gasteiger partial charge in [-0.2, -0.15) is 0 Å². The van der Waals surface area contributed by atoms with Crippen molar-refractivity contribution in [3.8, 4) is 0 Å². The van der Waals surface area contributed by atoms with Crippen molar-refractivity contribution < 1.29 is 9.21 Å². The number of amides is 1. The van der Waals surface area contributed by atoms with E-state index in [1.807, 2.05) is 17.0 Å². The molecule has 106 valence electrons. The predicted molar refractivity (Wildman–Crippen MR) is 79.9 cm³/mol. The molecule has 3 heteroatoms. The summed E-state index contributed by atoms with van der Waals surface area (Å²) in [5, 5.41) is 0.936. The minimum Gasteiger partial charge on any atom is -0.463 e. The van der Waals surface area contributed by atoms with Crippen molar-refractivity contribution >= 4 is 16.9 Å². The van der Waals surface area contributed by atoms with Gasteiger partial charge < -0.3 is 9.32 Å². The van der Waals surface area contributed by atoms with Crippen LogP contribution in [0.3, 0.4) is 0 Å². The number of nitrogens with zero attached hydrogens (tertiary/aromatic N) is 1. The van der Waals surface area contributed by atoms with Gasteiger partial charge in [-0.05, 0) is 36.8 Å². The van der Waals surface area contributed by atoms with Crippen LogP contribution in [0.1, 0.15) is 42.6 Å². The lowest BCUT2D eigenvalue weighted by molar-refractivity contribution is 0.0698. The first kappa shape index (κ1) is 13.2. The van der Waals surface area contributed by atoms with Crippen LogP contribution in [-0.4, -0.2) is 23.9 Å². The Kier molecular flexibility index (Phi) is 3.51. The van der Waals surface area contributed by atoms with Gasteiger partial charge in [0, 0.05) is 18.5 Å². The van der Waals surface area contributed by atoms with Crippen LogP contribution in [0.15, 0.2) is 28.9 Å². The maximum Gasteiger partial charge on any atom is 0.257 e. The average Bonchev–Trinajstić information content (AvgIpc) is 2.90. The summed E-state index contributed by atoms with van der Waals surface area (Å²) in [6.07, 6.45) is 4.79. The molecule has 1 aromatic carbocycles. The average molecular weight is 271 g/mol. The van der Waals surface area contributed by atoms with Gasteiger partial charge >= 0.3 is 0 Å². The fourth-order valence-corrected chi connectivity index (χ4v) is 2.84. The van der Waals surface area contributed by atoms with Crippen molar-refractivity contribution in [2.45, 2.75) is 33.1 Å². The quantitative estimate of drug-likeness (QED) is 0.830. The summed E-state index contributed by atoms with van der Waals surface area (Å²) >= 11 is 0. The van der Waals surface area contributed by atoms with E-state index in [9.17, 15) is 4.79 Å². The van der Waals surface area contributed by atoms with Crippen LogP contribution in [0.4, 0.5) is 0 Å². The molecule has 0 aliphatic carbocycles. The van der Waals surface area contributed by atoms with Crippen molar-refractivity contribution in [3.05, 3.63) is 35.6 Å². The normalized spacial score (nSPS) is 16.8. The van der Waals surface area contributed by atoms with E-state index in [2.05, 4.69) is 19.9 Å². The number of carbonyl (C=O) groups excluding carboxylic acids is 1. The van der Waals surface area contributed by atoms with Crippen LogP contribution in [0.2, 0.25) is 0 Å². The smallest absolute Gasteiger partial charge is 0.257 e. The standard InChI is InChI=1S/C17H21NO2/c1-3-13-4-5-14-15(11-20-16(14)10-13)17(19)18-8-6-12(2)7-9-18/h4-5,10-12H,3,6-9H2,1-2H3. The van der Waals surface area contributed by atoms with Gasteiger partial charge in [-0.25, -0.2) is 0 Å². The molecule has 0 saturated carbocycles. The fraction of sp³-hybridized carbons (Fsp3) is 0.471. The summed E-state index contributed by atoms with van der Waals surface area (Å²) in [5.41, 5.74) is 2.76. The summed E-state index contributed by atoms with van der Waals surface area (Å²) in [7, 11) is 0. The molecule has 0 atom stereocenters. The van der Waals surface area contributed by atoms with Crippen LogP contribution in [0, 0.1) is 5.92 Å². The highest BCUT2D eigenvalue weighted by atomic mass is 16.3. The Labute approximate surface area is 119 Å². The van der Waals surface area contributed by atoms with Crippen LogP contribution >= 0.6 is 0 Å². The van der Waals surface area contributed by atoms with Crippen molar-refractivity contribution in [2.24, 2.45) is 5.92 Å². The molecule has 1 saturated heterocycles. The zero-order valence-electron chi connectivity index (χ0n) is 12.2. The SMILES string of the molecule is CCc1ccc2c(C(=O)N3CCC(C)CC3)coc2c1. The van der Waals surface area contributed by atoms with Crippen LogP contribution in [0.5, 0.6) is 0 Å². The number of hydrogen-bond donors (Lipinski definition) is 0. The molecule has 3 nitrogen and oxygen atoms in total. The highest BCUT2D eigenvalue weighted by molar-refractivity contribution is 6.06. The van der Waals surface area contributed by atoms with Gasteiger partial charge in [-0.1, -0.05) is 26.0 Å². The lowest BCUT2D eigenvalue weighted by Gasteiger charge is -2.30. The maximum absolute atomic E-state index is 12.6. The number of furan rings is 1. The van der Waals surface area contributed by atoms with E-state index in [1.165, 1.54) is 5.56 Å². The minimum atomic E-state index is 0.111. The Balaban J connectivity index is 1.88. The van der Waals surface area contributed by atoms with E-state index in [1.54, 1.807) is 6.26 Å². The van der Waals surface area contributed by atoms with E-state index in [0.29, 0.717) is 5.56 Å². The highest BCUT2D eigenvalue weighted by Crippen LogP contribution is 2.25. The molecular formula is C17H21NO2. The van der Waals surface area contributed by atoms with Crippen molar-refractivity contribution in [1.29, 1.82) is 0 Å². The molecule has 1 fully saturated rings. The molecule has 20 heavy (non-hydrogen) atoms. The number of hydrogen-bond acceptors (Lipinski definition) is 2. The summed E-state index contributed by atoms with van der Waals surface area (Å²) < 4.78 is 5.58. The zero-order valence-corrected chi connectivity index (χ0v) is 12.2. The third-order valence-electron chi connectivity index (χ3n) is 4.35. The van der Waals surface area contributed by atoms with Gasteiger partial charge in [0.1, 0.15) is 11.8 Å². The maximum atomic E-state index is 12.6. The first-order valence-electron chi connectivity index (χ1n) is 7.48. The van der Waals surface area contributed by atoms with E-state index in [-0.39, 0.29) is 5.91 Å². The Hall–Kier alpha value is -1.77. The van der Waals surface area contributed by atoms with Crippen molar-refractivity contribution in [2.75, 3.05) is 13.1 Å². The van der Waals surface area contributed by atoms with Crippen LogP contribution < -0.4 is 0 Å². The molecule has 1 amide bonds. The lowest BCUT2D eigenvalue weighted by atomic mass is 9.98. The molecule has 3 rings (SSSR count). The molecule has 1 aliphatic rings. The molecular weight excluding hydrogens is 250 g/mol. The highest BCUT2D eigenvalue weighted by Gasteiger charge is 2.24. The third kappa shape index (κ3) is 2.33. The molecule has 0 bridgehead atoms. The number of piperidine rings is 1. The van der Waals surface area contributed by atoms with Crippen molar-refractivity contribution in [3.63, 3.8) is 0 Å². The molecule has 0 N–H and O–H groups in total. The minimum absolute atomic E-state index is 0.111. The zero-order chi connectivity index (χ0) is 14.1. The van der Waals surface area contributed by atoms with Gasteiger partial charge in [0.15, 0.2) is 0 Å². The van der Waals surface area contributed by atoms with Crippen LogP contribution in [0.25, 0.3) is 11.0 Å². The van der Waals surface area contributed by atoms with Crippen LogP contribution in [-0.2, 0) is 6.42 Å². The number of benzene rings is 1. The Morgan fingerprint density at radius 3 is 2.80 bits per heavy atom. The molecule has 1 aliphatic heterocycles. The number of likely N-dealkylation sites (tertiary alicyclic amines) is 1. The van der Waals surface area contributed by atoms with Crippen molar-refractivity contribution in [1.82, 2.24) is 4.90 Å². The first-order chi connectivity index (χ1) is 9.69. The Bertz CT molecular complexity index is 621. The summed E-state index contributed by atoms with van der Waals surface area (Å²) in [4.78, 5) is 14.6. The Morgan fingerprint density at radius 1 is 1.35 bits per heavy atom. The van der Waals surface area contributed by atoms with E-state index >= 15 is 0 Å². The molecule has 0 unspecified atom stereocenters. The number of rotatable bonds is 2. The topological polar surface area (TPSA) is 33.5 Å². The van der Waals surface area contributed by atoms with Gasteiger partial charge in [0.05, 0.1) is 5.56 Å².